The van der Waals surface area contributed by atoms with E-state index in [9.17, 15) is 14.9 Å². The number of hydrogen-bond acceptors (Lipinski definition) is 7. The number of piperazine rings is 1. The fourth-order valence-corrected chi connectivity index (χ4v) is 4.65. The van der Waals surface area contributed by atoms with Gasteiger partial charge in [0.05, 0.1) is 9.95 Å². The van der Waals surface area contributed by atoms with E-state index >= 15 is 0 Å². The standard InChI is InChI=1S/C21H32ClN5O4/c1-5-15-14-25(19-18(22)12-17(13-23-19)27(29)30)10-11-26(15)16-6-8-24(9-7-16)20(28)31-21(2,3)4/h12-13,15-16H,5-11,14H2,1-4H3. The van der Waals surface area contributed by atoms with E-state index in [0.717, 1.165) is 38.9 Å². The second-order valence-corrected chi connectivity index (χ2v) is 9.61. The van der Waals surface area contributed by atoms with E-state index < -0.39 is 10.5 Å². The summed E-state index contributed by atoms with van der Waals surface area (Å²) in [4.78, 5) is 33.5. The SMILES string of the molecule is CCC1CN(c2ncc([N+](=O)[O-])cc2Cl)CCN1C1CCN(C(=O)OC(C)(C)C)CC1. The van der Waals surface area contributed by atoms with Crippen molar-refractivity contribution in [1.29, 1.82) is 0 Å². The molecule has 31 heavy (non-hydrogen) atoms. The molecular weight excluding hydrogens is 422 g/mol. The average molecular weight is 454 g/mol. The Kier molecular flexibility index (Phi) is 7.26. The molecule has 0 aliphatic carbocycles. The Morgan fingerprint density at radius 3 is 2.52 bits per heavy atom. The first kappa shape index (κ1) is 23.5. The third-order valence-corrected chi connectivity index (χ3v) is 6.18. The maximum atomic E-state index is 12.3. The van der Waals surface area contributed by atoms with Gasteiger partial charge in [0.2, 0.25) is 0 Å². The van der Waals surface area contributed by atoms with Gasteiger partial charge in [0.1, 0.15) is 17.6 Å². The number of likely N-dealkylation sites (tertiary alicyclic amines) is 1. The highest BCUT2D eigenvalue weighted by atomic mass is 35.5. The number of nitrogens with zero attached hydrogens (tertiary/aromatic N) is 5. The molecule has 0 radical (unpaired) electrons. The van der Waals surface area contributed by atoms with E-state index in [1.165, 1.54) is 12.3 Å². The third kappa shape index (κ3) is 5.77. The van der Waals surface area contributed by atoms with Crippen LogP contribution in [0.5, 0.6) is 0 Å². The molecule has 1 unspecified atom stereocenters. The summed E-state index contributed by atoms with van der Waals surface area (Å²) < 4.78 is 5.50. The van der Waals surface area contributed by atoms with Gasteiger partial charge in [0, 0.05) is 50.9 Å². The minimum Gasteiger partial charge on any atom is -0.444 e. The Balaban J connectivity index is 1.60. The number of rotatable bonds is 4. The second kappa shape index (κ2) is 9.56. The molecule has 10 heteroatoms. The molecule has 3 rings (SSSR count). The molecule has 1 atom stereocenters. The first-order chi connectivity index (χ1) is 14.6. The van der Waals surface area contributed by atoms with Gasteiger partial charge in [-0.1, -0.05) is 18.5 Å². The number of carbonyl (C=O) groups excluding carboxylic acids is 1. The molecule has 2 fully saturated rings. The van der Waals surface area contributed by atoms with Crippen LogP contribution in [0.15, 0.2) is 12.3 Å². The molecule has 2 saturated heterocycles. The maximum Gasteiger partial charge on any atom is 0.410 e. The van der Waals surface area contributed by atoms with Crippen molar-refractivity contribution in [3.63, 3.8) is 0 Å². The van der Waals surface area contributed by atoms with Crippen LogP contribution in [0.1, 0.15) is 47.0 Å². The molecule has 1 aromatic heterocycles. The second-order valence-electron chi connectivity index (χ2n) is 9.20. The summed E-state index contributed by atoms with van der Waals surface area (Å²) in [6.45, 7) is 11.6. The van der Waals surface area contributed by atoms with Crippen molar-refractivity contribution in [3.05, 3.63) is 27.4 Å². The largest absolute Gasteiger partial charge is 0.444 e. The van der Waals surface area contributed by atoms with Gasteiger partial charge >= 0.3 is 6.09 Å². The van der Waals surface area contributed by atoms with Gasteiger partial charge in [0.25, 0.3) is 5.69 Å². The first-order valence-electron chi connectivity index (χ1n) is 10.9. The lowest BCUT2D eigenvalue weighted by atomic mass is 9.98. The van der Waals surface area contributed by atoms with E-state index in [1.54, 1.807) is 4.90 Å². The zero-order valence-corrected chi connectivity index (χ0v) is 19.5. The highest BCUT2D eigenvalue weighted by molar-refractivity contribution is 6.33. The lowest BCUT2D eigenvalue weighted by molar-refractivity contribution is -0.385. The lowest BCUT2D eigenvalue weighted by Crippen LogP contribution is -2.59. The molecule has 0 bridgehead atoms. The fraction of sp³-hybridized carbons (Fsp3) is 0.714. The molecule has 3 heterocycles. The van der Waals surface area contributed by atoms with Crippen LogP contribution in [0.3, 0.4) is 0 Å². The number of carbonyl (C=O) groups is 1. The number of ether oxygens (including phenoxy) is 1. The van der Waals surface area contributed by atoms with Crippen molar-refractivity contribution in [1.82, 2.24) is 14.8 Å². The molecule has 0 N–H and O–H groups in total. The molecule has 1 amide bonds. The molecule has 2 aliphatic heterocycles. The number of piperidine rings is 1. The fourth-order valence-electron chi connectivity index (χ4n) is 4.37. The normalized spacial score (nSPS) is 21.3. The third-order valence-electron chi connectivity index (χ3n) is 5.90. The first-order valence-corrected chi connectivity index (χ1v) is 11.3. The van der Waals surface area contributed by atoms with Gasteiger partial charge in [-0.2, -0.15) is 0 Å². The van der Waals surface area contributed by atoms with Crippen molar-refractivity contribution in [3.8, 4) is 0 Å². The monoisotopic (exact) mass is 453 g/mol. The summed E-state index contributed by atoms with van der Waals surface area (Å²) in [5.41, 5.74) is -0.582. The van der Waals surface area contributed by atoms with E-state index in [4.69, 9.17) is 16.3 Å². The Labute approximate surface area is 188 Å². The predicted octanol–water partition coefficient (Wildman–Crippen LogP) is 3.94. The van der Waals surface area contributed by atoms with E-state index in [-0.39, 0.29) is 11.8 Å². The van der Waals surface area contributed by atoms with Gasteiger partial charge in [-0.05, 0) is 40.0 Å². The minimum atomic E-state index is -0.487. The molecule has 0 spiro atoms. The number of nitro groups is 1. The summed E-state index contributed by atoms with van der Waals surface area (Å²) in [5, 5.41) is 11.3. The Morgan fingerprint density at radius 1 is 1.29 bits per heavy atom. The summed E-state index contributed by atoms with van der Waals surface area (Å²) in [5.74, 6) is 0.602. The van der Waals surface area contributed by atoms with Crippen molar-refractivity contribution in [2.45, 2.75) is 64.6 Å². The van der Waals surface area contributed by atoms with Crippen molar-refractivity contribution in [2.75, 3.05) is 37.6 Å². The zero-order valence-electron chi connectivity index (χ0n) is 18.7. The quantitative estimate of drug-likeness (QED) is 0.503. The lowest BCUT2D eigenvalue weighted by Gasteiger charge is -2.47. The molecule has 2 aliphatic rings. The Hall–Kier alpha value is -2.13. The van der Waals surface area contributed by atoms with Gasteiger partial charge in [0.15, 0.2) is 0 Å². The number of amides is 1. The van der Waals surface area contributed by atoms with Gasteiger partial charge < -0.3 is 14.5 Å². The molecule has 9 nitrogen and oxygen atoms in total. The van der Waals surface area contributed by atoms with Crippen molar-refractivity contribution in [2.24, 2.45) is 0 Å². The van der Waals surface area contributed by atoms with Crippen LogP contribution in [0, 0.1) is 10.1 Å². The number of hydrogen-bond donors (Lipinski definition) is 0. The smallest absolute Gasteiger partial charge is 0.410 e. The van der Waals surface area contributed by atoms with Gasteiger partial charge in [-0.3, -0.25) is 15.0 Å². The molecule has 0 saturated carbocycles. The number of aromatic nitrogens is 1. The van der Waals surface area contributed by atoms with Crippen LogP contribution < -0.4 is 4.90 Å². The minimum absolute atomic E-state index is 0.101. The van der Waals surface area contributed by atoms with E-state index in [2.05, 4.69) is 21.7 Å². The number of halogens is 1. The summed E-state index contributed by atoms with van der Waals surface area (Å²) in [7, 11) is 0. The average Bonchev–Trinajstić information content (AvgIpc) is 2.72. The van der Waals surface area contributed by atoms with Gasteiger partial charge in [-0.25, -0.2) is 9.78 Å². The van der Waals surface area contributed by atoms with Crippen LogP contribution in [0.2, 0.25) is 5.02 Å². The number of pyridine rings is 1. The van der Waals surface area contributed by atoms with Crippen LogP contribution in [-0.4, -0.2) is 76.2 Å². The summed E-state index contributed by atoms with van der Waals surface area (Å²) in [6, 6.07) is 2.12. The van der Waals surface area contributed by atoms with Crippen LogP contribution in [0.4, 0.5) is 16.3 Å². The maximum absolute atomic E-state index is 12.3. The predicted molar refractivity (Wildman–Crippen MR) is 120 cm³/mol. The highest BCUT2D eigenvalue weighted by Crippen LogP contribution is 2.31. The molecule has 1 aromatic rings. The van der Waals surface area contributed by atoms with Gasteiger partial charge in [-0.15, -0.1) is 0 Å². The summed E-state index contributed by atoms with van der Waals surface area (Å²) >= 11 is 6.30. The molecular formula is C21H32ClN5O4. The van der Waals surface area contributed by atoms with E-state index in [1.807, 2.05) is 20.8 Å². The number of anilines is 1. The topological polar surface area (TPSA) is 92.0 Å². The van der Waals surface area contributed by atoms with Crippen molar-refractivity contribution >= 4 is 29.2 Å². The van der Waals surface area contributed by atoms with Crippen LogP contribution in [-0.2, 0) is 4.74 Å². The van der Waals surface area contributed by atoms with E-state index in [0.29, 0.717) is 36.0 Å². The molecule has 0 aromatic carbocycles. The summed E-state index contributed by atoms with van der Waals surface area (Å²) in [6.07, 6.45) is 3.86. The zero-order chi connectivity index (χ0) is 22.8. The Bertz CT molecular complexity index is 807. The Morgan fingerprint density at radius 2 is 1.97 bits per heavy atom. The van der Waals surface area contributed by atoms with Crippen molar-refractivity contribution < 1.29 is 14.5 Å². The van der Waals surface area contributed by atoms with Crippen LogP contribution >= 0.6 is 11.6 Å². The highest BCUT2D eigenvalue weighted by Gasteiger charge is 2.35. The van der Waals surface area contributed by atoms with Crippen LogP contribution in [0.25, 0.3) is 0 Å². The molecule has 172 valence electrons.